The van der Waals surface area contributed by atoms with E-state index in [0.717, 1.165) is 5.52 Å². The molecule has 116 valence electrons. The Balaban J connectivity index is 0.000000159. The Labute approximate surface area is 119 Å². The molecule has 3 rings (SSSR count). The van der Waals surface area contributed by atoms with Crippen LogP contribution in [-0.2, 0) is 4.74 Å². The topological polar surface area (TPSA) is 171 Å². The van der Waals surface area contributed by atoms with Crippen LogP contribution in [-0.4, -0.2) is 77.6 Å². The highest BCUT2D eigenvalue weighted by molar-refractivity contribution is 5.67. The lowest BCUT2D eigenvalue weighted by Crippen LogP contribution is -2.61. The monoisotopic (exact) mass is 299 g/mol. The zero-order valence-corrected chi connectivity index (χ0v) is 10.9. The van der Waals surface area contributed by atoms with E-state index in [1.165, 1.54) is 6.33 Å². The first-order valence-electron chi connectivity index (χ1n) is 6.19. The second-order valence-electron chi connectivity index (χ2n) is 4.47. The van der Waals surface area contributed by atoms with E-state index in [1.807, 2.05) is 0 Å². The summed E-state index contributed by atoms with van der Waals surface area (Å²) in [4.78, 5) is 14.5. The largest absolute Gasteiger partial charge is 0.394 e. The first-order valence-corrected chi connectivity index (χ1v) is 6.19. The minimum atomic E-state index is -1.35. The minimum Gasteiger partial charge on any atom is -0.394 e. The Kier molecular flexibility index (Phi) is 5.12. The lowest BCUT2D eigenvalue weighted by Gasteiger charge is -2.38. The van der Waals surface area contributed by atoms with E-state index in [-0.39, 0.29) is 0 Å². The Hall–Kier alpha value is -1.69. The quantitative estimate of drug-likeness (QED) is 0.323. The molecule has 10 heteroatoms. The summed E-state index contributed by atoms with van der Waals surface area (Å²) in [5, 5.41) is 36.1. The van der Waals surface area contributed by atoms with Crippen LogP contribution in [0.15, 0.2) is 18.9 Å². The molecule has 10 nitrogen and oxygen atoms in total. The fraction of sp³-hybridized carbons (Fsp3) is 0.545. The van der Waals surface area contributed by atoms with Crippen LogP contribution in [0.25, 0.3) is 11.2 Å². The van der Waals surface area contributed by atoms with Gasteiger partial charge in [0.25, 0.3) is 0 Å². The number of hydrogen-bond acceptors (Lipinski definition) is 9. The molecule has 0 radical (unpaired) electrons. The number of fused-ring (bicyclic) bond motifs is 1. The average Bonchev–Trinajstić information content (AvgIpc) is 2.98. The Morgan fingerprint density at radius 2 is 2.00 bits per heavy atom. The van der Waals surface area contributed by atoms with Crippen LogP contribution in [0.3, 0.4) is 0 Å². The van der Waals surface area contributed by atoms with Crippen molar-refractivity contribution < 1.29 is 25.2 Å². The fourth-order valence-corrected chi connectivity index (χ4v) is 1.81. The molecule has 0 aromatic carbocycles. The van der Waals surface area contributed by atoms with Crippen molar-refractivity contribution in [3.05, 3.63) is 18.9 Å². The lowest BCUT2D eigenvalue weighted by atomic mass is 9.98. The normalized spacial score (nSPS) is 32.5. The Morgan fingerprint density at radius 1 is 1.24 bits per heavy atom. The van der Waals surface area contributed by atoms with Crippen LogP contribution >= 0.6 is 0 Å². The van der Waals surface area contributed by atoms with E-state index >= 15 is 0 Å². The van der Waals surface area contributed by atoms with Crippen LogP contribution in [0.4, 0.5) is 0 Å². The number of aromatic nitrogens is 4. The number of imidazole rings is 1. The minimum absolute atomic E-state index is 0.470. The van der Waals surface area contributed by atoms with Crippen LogP contribution in [0, 0.1) is 0 Å². The maximum atomic E-state index is 9.20. The first kappa shape index (κ1) is 15.7. The van der Waals surface area contributed by atoms with Gasteiger partial charge in [-0.15, -0.1) is 0 Å². The third kappa shape index (κ3) is 3.50. The molecule has 1 unspecified atom stereocenters. The summed E-state index contributed by atoms with van der Waals surface area (Å²) in [6.45, 7) is -0.470. The molecule has 2 aromatic rings. The number of nitrogens with two attached hydrogens (primary N) is 1. The SMILES string of the molecule is N[C@H]1C(O)O[C@H](CO)[C@@H](O)[C@@H]1O.c1ncc2[nH]cnc2n1. The molecule has 0 spiro atoms. The smallest absolute Gasteiger partial charge is 0.180 e. The van der Waals surface area contributed by atoms with Crippen LogP contribution in [0.5, 0.6) is 0 Å². The van der Waals surface area contributed by atoms with Gasteiger partial charge in [0.15, 0.2) is 11.9 Å². The second-order valence-corrected chi connectivity index (χ2v) is 4.47. The van der Waals surface area contributed by atoms with Crippen molar-refractivity contribution in [1.29, 1.82) is 0 Å². The molecule has 1 saturated heterocycles. The summed E-state index contributed by atoms with van der Waals surface area (Å²) in [6.07, 6.45) is -0.0904. The molecule has 0 amide bonds. The number of H-pyrrole nitrogens is 1. The highest BCUT2D eigenvalue weighted by atomic mass is 16.6. The molecule has 0 bridgehead atoms. The molecule has 1 aliphatic rings. The molecule has 3 heterocycles. The number of aromatic amines is 1. The van der Waals surface area contributed by atoms with Crippen LogP contribution < -0.4 is 5.73 Å². The summed E-state index contributed by atoms with van der Waals surface area (Å²) in [5.41, 5.74) is 6.85. The summed E-state index contributed by atoms with van der Waals surface area (Å²) in [5.74, 6) is 0. The molecule has 5 atom stereocenters. The maximum Gasteiger partial charge on any atom is 0.180 e. The molecular weight excluding hydrogens is 282 g/mol. The summed E-state index contributed by atoms with van der Waals surface area (Å²) in [6, 6.07) is -1.04. The van der Waals surface area contributed by atoms with Crippen molar-refractivity contribution in [2.24, 2.45) is 5.73 Å². The molecule has 21 heavy (non-hydrogen) atoms. The van der Waals surface area contributed by atoms with Crippen LogP contribution in [0.1, 0.15) is 0 Å². The van der Waals surface area contributed by atoms with Gasteiger partial charge in [0.2, 0.25) is 0 Å². The Bertz CT molecular complexity index is 532. The van der Waals surface area contributed by atoms with E-state index in [0.29, 0.717) is 5.65 Å². The van der Waals surface area contributed by atoms with Crippen molar-refractivity contribution in [3.63, 3.8) is 0 Å². The van der Waals surface area contributed by atoms with Gasteiger partial charge in [0.1, 0.15) is 30.2 Å². The van der Waals surface area contributed by atoms with Gasteiger partial charge in [-0.25, -0.2) is 15.0 Å². The number of nitrogens with zero attached hydrogens (tertiary/aromatic N) is 3. The molecule has 1 aliphatic heterocycles. The van der Waals surface area contributed by atoms with Gasteiger partial charge in [-0.3, -0.25) is 0 Å². The number of aliphatic hydroxyl groups is 4. The van der Waals surface area contributed by atoms with Gasteiger partial charge in [-0.2, -0.15) is 0 Å². The maximum absolute atomic E-state index is 9.20. The predicted molar refractivity (Wildman–Crippen MR) is 69.6 cm³/mol. The number of nitrogens with one attached hydrogen (secondary N) is 1. The molecule has 1 fully saturated rings. The molecule has 0 saturated carbocycles. The Morgan fingerprint density at radius 3 is 2.67 bits per heavy atom. The predicted octanol–water partition coefficient (Wildman–Crippen LogP) is -2.90. The van der Waals surface area contributed by atoms with Gasteiger partial charge in [0, 0.05) is 0 Å². The van der Waals surface area contributed by atoms with E-state index in [4.69, 9.17) is 20.7 Å². The number of hydrogen-bond donors (Lipinski definition) is 6. The fourth-order valence-electron chi connectivity index (χ4n) is 1.81. The summed E-state index contributed by atoms with van der Waals surface area (Å²) in [7, 11) is 0. The van der Waals surface area contributed by atoms with Crippen molar-refractivity contribution in [2.75, 3.05) is 6.61 Å². The molecule has 7 N–H and O–H groups in total. The molecule has 0 aliphatic carbocycles. The van der Waals surface area contributed by atoms with Gasteiger partial charge < -0.3 is 35.9 Å². The van der Waals surface area contributed by atoms with Crippen molar-refractivity contribution >= 4 is 11.2 Å². The van der Waals surface area contributed by atoms with E-state index in [1.54, 1.807) is 12.5 Å². The number of rotatable bonds is 1. The zero-order chi connectivity index (χ0) is 15.4. The van der Waals surface area contributed by atoms with Crippen molar-refractivity contribution in [2.45, 2.75) is 30.6 Å². The van der Waals surface area contributed by atoms with Gasteiger partial charge >= 0.3 is 0 Å². The zero-order valence-electron chi connectivity index (χ0n) is 10.9. The highest BCUT2D eigenvalue weighted by Gasteiger charge is 2.41. The second kappa shape index (κ2) is 6.85. The molecule has 2 aromatic heterocycles. The molecular formula is C11H17N5O5. The van der Waals surface area contributed by atoms with Gasteiger partial charge in [-0.05, 0) is 0 Å². The van der Waals surface area contributed by atoms with Crippen molar-refractivity contribution in [1.82, 2.24) is 19.9 Å². The third-order valence-corrected chi connectivity index (χ3v) is 3.05. The first-order chi connectivity index (χ1) is 10.0. The van der Waals surface area contributed by atoms with Crippen molar-refractivity contribution in [3.8, 4) is 0 Å². The van der Waals surface area contributed by atoms with Crippen LogP contribution in [0.2, 0.25) is 0 Å². The number of aliphatic hydroxyl groups excluding tert-OH is 4. The third-order valence-electron chi connectivity index (χ3n) is 3.05. The van der Waals surface area contributed by atoms with Gasteiger partial charge in [-0.1, -0.05) is 0 Å². The van der Waals surface area contributed by atoms with E-state index in [2.05, 4.69) is 19.9 Å². The summed E-state index contributed by atoms with van der Waals surface area (Å²) < 4.78 is 4.70. The van der Waals surface area contributed by atoms with E-state index < -0.39 is 37.3 Å². The average molecular weight is 299 g/mol. The number of ether oxygens (including phenoxy) is 1. The standard InChI is InChI=1S/C6H13NO5.C5H4N4/c7-3-5(10)4(9)2(1-8)12-6(3)11;1-4-5(8-2-6-1)9-3-7-4/h2-6,8-11H,1,7H2;1-3H,(H,6,7,8,9)/t2-,3-,4-,5-,6?;/m1./s1. The highest BCUT2D eigenvalue weighted by Crippen LogP contribution is 2.17. The summed E-state index contributed by atoms with van der Waals surface area (Å²) >= 11 is 0. The lowest BCUT2D eigenvalue weighted by molar-refractivity contribution is -0.248. The van der Waals surface area contributed by atoms with Gasteiger partial charge in [0.05, 0.1) is 25.2 Å². The van der Waals surface area contributed by atoms with E-state index in [9.17, 15) is 10.2 Å².